The first kappa shape index (κ1) is 15.3. The molecule has 1 aliphatic heterocycles. The molecular weight excluding hydrogens is 322 g/mol. The van der Waals surface area contributed by atoms with Crippen LogP contribution in [0.5, 0.6) is 5.75 Å². The highest BCUT2D eigenvalue weighted by atomic mass is 79.9. The number of halogens is 1. The monoisotopic (exact) mass is 341 g/mol. The molecule has 0 radical (unpaired) electrons. The van der Waals surface area contributed by atoms with E-state index in [1.165, 1.54) is 0 Å². The highest BCUT2D eigenvalue weighted by molar-refractivity contribution is 9.09. The van der Waals surface area contributed by atoms with Crippen LogP contribution in [0.1, 0.15) is 12.0 Å². The van der Waals surface area contributed by atoms with Gasteiger partial charge in [-0.05, 0) is 24.6 Å². The van der Waals surface area contributed by atoms with E-state index in [4.69, 9.17) is 9.47 Å². The Balaban J connectivity index is 1.75. The average Bonchev–Trinajstić information content (AvgIpc) is 2.47. The van der Waals surface area contributed by atoms with Crippen molar-refractivity contribution in [3.63, 3.8) is 0 Å². The summed E-state index contributed by atoms with van der Waals surface area (Å²) in [6, 6.07) is 7.86. The van der Waals surface area contributed by atoms with E-state index in [2.05, 4.69) is 15.9 Å². The first-order chi connectivity index (χ1) is 9.69. The van der Waals surface area contributed by atoms with E-state index in [0.717, 1.165) is 16.6 Å². The number of ether oxygens (including phenoxy) is 2. The lowest BCUT2D eigenvalue weighted by Crippen LogP contribution is -2.46. The number of aryl methyl sites for hydroxylation is 1. The lowest BCUT2D eigenvalue weighted by molar-refractivity contribution is -0.138. The summed E-state index contributed by atoms with van der Waals surface area (Å²) in [6.07, 6.45) is 0.508. The standard InChI is InChI=1S/C15H20BrNO3/c1-12-3-2-4-13(9-12)19-7-5-15(18)17-6-8-20-14(10-16)11-17/h2-4,9,14H,5-8,10-11H2,1H3. The summed E-state index contributed by atoms with van der Waals surface area (Å²) in [4.78, 5) is 13.9. The van der Waals surface area contributed by atoms with Crippen LogP contribution in [0.4, 0.5) is 0 Å². The van der Waals surface area contributed by atoms with Gasteiger partial charge in [0.05, 0.1) is 25.7 Å². The molecule has 0 aliphatic carbocycles. The zero-order valence-electron chi connectivity index (χ0n) is 11.7. The van der Waals surface area contributed by atoms with Gasteiger partial charge in [-0.2, -0.15) is 0 Å². The van der Waals surface area contributed by atoms with Crippen molar-refractivity contribution in [1.29, 1.82) is 0 Å². The Morgan fingerprint density at radius 2 is 2.40 bits per heavy atom. The molecule has 1 heterocycles. The second-order valence-corrected chi connectivity index (χ2v) is 5.55. The van der Waals surface area contributed by atoms with Gasteiger partial charge in [0, 0.05) is 18.4 Å². The molecule has 20 heavy (non-hydrogen) atoms. The number of morpholine rings is 1. The Hall–Kier alpha value is -1.07. The van der Waals surface area contributed by atoms with Gasteiger partial charge >= 0.3 is 0 Å². The number of amides is 1. The predicted molar refractivity (Wildman–Crippen MR) is 81.4 cm³/mol. The normalized spacial score (nSPS) is 18.9. The first-order valence-corrected chi connectivity index (χ1v) is 7.96. The molecule has 110 valence electrons. The van der Waals surface area contributed by atoms with E-state index in [0.29, 0.717) is 32.7 Å². The quantitative estimate of drug-likeness (QED) is 0.772. The van der Waals surface area contributed by atoms with E-state index in [-0.39, 0.29) is 12.0 Å². The third-order valence-corrected chi connectivity index (χ3v) is 3.96. The Kier molecular flexibility index (Phi) is 5.86. The second kappa shape index (κ2) is 7.64. The van der Waals surface area contributed by atoms with Crippen molar-refractivity contribution in [2.45, 2.75) is 19.4 Å². The van der Waals surface area contributed by atoms with Crippen LogP contribution in [0, 0.1) is 6.92 Å². The molecular formula is C15H20BrNO3. The largest absolute Gasteiger partial charge is 0.493 e. The van der Waals surface area contributed by atoms with Crippen molar-refractivity contribution in [2.24, 2.45) is 0 Å². The lowest BCUT2D eigenvalue weighted by Gasteiger charge is -2.32. The average molecular weight is 342 g/mol. The molecule has 1 saturated heterocycles. The van der Waals surface area contributed by atoms with Crippen molar-refractivity contribution >= 4 is 21.8 Å². The molecule has 0 N–H and O–H groups in total. The number of nitrogens with zero attached hydrogens (tertiary/aromatic N) is 1. The third kappa shape index (κ3) is 4.49. The number of carbonyl (C=O) groups is 1. The van der Waals surface area contributed by atoms with Crippen LogP contribution in [-0.4, -0.2) is 48.5 Å². The molecule has 0 aromatic heterocycles. The van der Waals surface area contributed by atoms with Gasteiger partial charge in [0.15, 0.2) is 0 Å². The van der Waals surface area contributed by atoms with Gasteiger partial charge in [-0.15, -0.1) is 0 Å². The van der Waals surface area contributed by atoms with Gasteiger partial charge < -0.3 is 14.4 Å². The molecule has 4 nitrogen and oxygen atoms in total. The van der Waals surface area contributed by atoms with Crippen LogP contribution in [0.2, 0.25) is 0 Å². The van der Waals surface area contributed by atoms with Gasteiger partial charge in [-0.25, -0.2) is 0 Å². The topological polar surface area (TPSA) is 38.8 Å². The van der Waals surface area contributed by atoms with Crippen molar-refractivity contribution in [3.8, 4) is 5.75 Å². The molecule has 1 atom stereocenters. The first-order valence-electron chi connectivity index (χ1n) is 6.84. The maximum Gasteiger partial charge on any atom is 0.226 e. The Morgan fingerprint density at radius 1 is 1.55 bits per heavy atom. The molecule has 1 aromatic carbocycles. The van der Waals surface area contributed by atoms with E-state index in [1.54, 1.807) is 0 Å². The van der Waals surface area contributed by atoms with Crippen LogP contribution in [-0.2, 0) is 9.53 Å². The number of hydrogen-bond donors (Lipinski definition) is 0. The Bertz CT molecular complexity index is 452. The second-order valence-electron chi connectivity index (χ2n) is 4.90. The van der Waals surface area contributed by atoms with Crippen LogP contribution >= 0.6 is 15.9 Å². The number of alkyl halides is 1. The fraction of sp³-hybridized carbons (Fsp3) is 0.533. The van der Waals surface area contributed by atoms with Crippen LogP contribution in [0.3, 0.4) is 0 Å². The van der Waals surface area contributed by atoms with E-state index >= 15 is 0 Å². The predicted octanol–water partition coefficient (Wildman–Crippen LogP) is 2.39. The summed E-state index contributed by atoms with van der Waals surface area (Å²) in [7, 11) is 0. The van der Waals surface area contributed by atoms with Crippen LogP contribution < -0.4 is 4.74 Å². The third-order valence-electron chi connectivity index (χ3n) is 3.24. The molecule has 5 heteroatoms. The summed E-state index contributed by atoms with van der Waals surface area (Å²) in [6.45, 7) is 4.38. The van der Waals surface area contributed by atoms with E-state index in [1.807, 2.05) is 36.1 Å². The molecule has 1 fully saturated rings. The summed E-state index contributed by atoms with van der Waals surface area (Å²) in [5.41, 5.74) is 1.15. The maximum absolute atomic E-state index is 12.1. The molecule has 1 unspecified atom stereocenters. The summed E-state index contributed by atoms with van der Waals surface area (Å²) < 4.78 is 11.1. The van der Waals surface area contributed by atoms with E-state index < -0.39 is 0 Å². The van der Waals surface area contributed by atoms with Gasteiger partial charge in [0.2, 0.25) is 5.91 Å². The van der Waals surface area contributed by atoms with Crippen LogP contribution in [0.25, 0.3) is 0 Å². The van der Waals surface area contributed by atoms with Gasteiger partial charge in [-0.1, -0.05) is 28.1 Å². The fourth-order valence-corrected chi connectivity index (χ4v) is 2.55. The van der Waals surface area contributed by atoms with Gasteiger partial charge in [0.1, 0.15) is 5.75 Å². The SMILES string of the molecule is Cc1cccc(OCCC(=O)N2CCOC(CBr)C2)c1. The smallest absolute Gasteiger partial charge is 0.226 e. The molecule has 1 aromatic rings. The zero-order valence-corrected chi connectivity index (χ0v) is 13.3. The number of benzene rings is 1. The molecule has 1 aliphatic rings. The minimum absolute atomic E-state index is 0.102. The zero-order chi connectivity index (χ0) is 14.4. The number of rotatable bonds is 5. The molecule has 1 amide bonds. The van der Waals surface area contributed by atoms with Gasteiger partial charge in [0.25, 0.3) is 0 Å². The van der Waals surface area contributed by atoms with Gasteiger partial charge in [-0.3, -0.25) is 4.79 Å². The minimum Gasteiger partial charge on any atom is -0.493 e. The highest BCUT2D eigenvalue weighted by Crippen LogP contribution is 2.13. The number of hydrogen-bond acceptors (Lipinski definition) is 3. The Morgan fingerprint density at radius 3 is 3.15 bits per heavy atom. The summed E-state index contributed by atoms with van der Waals surface area (Å²) in [5.74, 6) is 0.949. The van der Waals surface area contributed by atoms with Crippen molar-refractivity contribution in [1.82, 2.24) is 4.90 Å². The van der Waals surface area contributed by atoms with Crippen molar-refractivity contribution in [3.05, 3.63) is 29.8 Å². The fourth-order valence-electron chi connectivity index (χ4n) is 2.16. The van der Waals surface area contributed by atoms with Crippen molar-refractivity contribution < 1.29 is 14.3 Å². The maximum atomic E-state index is 12.1. The molecule has 0 spiro atoms. The van der Waals surface area contributed by atoms with E-state index in [9.17, 15) is 4.79 Å². The Labute approximate surface area is 128 Å². The minimum atomic E-state index is 0.102. The molecule has 0 bridgehead atoms. The summed E-state index contributed by atoms with van der Waals surface area (Å²) >= 11 is 3.39. The molecule has 2 rings (SSSR count). The molecule has 0 saturated carbocycles. The number of carbonyl (C=O) groups excluding carboxylic acids is 1. The van der Waals surface area contributed by atoms with Crippen molar-refractivity contribution in [2.75, 3.05) is 31.6 Å². The summed E-state index contributed by atoms with van der Waals surface area (Å²) in [5, 5.41) is 0.760. The highest BCUT2D eigenvalue weighted by Gasteiger charge is 2.23. The van der Waals surface area contributed by atoms with Crippen LogP contribution in [0.15, 0.2) is 24.3 Å². The lowest BCUT2D eigenvalue weighted by atomic mass is 10.2.